The lowest BCUT2D eigenvalue weighted by Crippen LogP contribution is -2.15. The van der Waals surface area contributed by atoms with Crippen molar-refractivity contribution in [3.05, 3.63) is 34.9 Å². The molecule has 0 fully saturated rings. The maximum absolute atomic E-state index is 12.6. The fourth-order valence-corrected chi connectivity index (χ4v) is 1.73. The number of ketones is 1. The lowest BCUT2D eigenvalue weighted by Gasteiger charge is -2.12. The number of hydrogen-bond acceptors (Lipinski definition) is 3. The van der Waals surface area contributed by atoms with Crippen LogP contribution < -0.4 is 0 Å². The molecule has 0 radical (unpaired) electrons. The Labute approximate surface area is 118 Å². The second-order valence-electron chi connectivity index (χ2n) is 3.84. The van der Waals surface area contributed by atoms with Gasteiger partial charge in [-0.15, -0.1) is 11.6 Å². The molecule has 1 rings (SSSR count). The number of carbonyl (C=O) groups is 2. The average molecular weight is 309 g/mol. The van der Waals surface area contributed by atoms with Crippen molar-refractivity contribution in [2.75, 3.05) is 12.5 Å². The van der Waals surface area contributed by atoms with Crippen molar-refractivity contribution < 1.29 is 27.5 Å². The zero-order valence-electron chi connectivity index (χ0n) is 10.6. The lowest BCUT2D eigenvalue weighted by molar-refractivity contribution is -0.137. The number of carbonyl (C=O) groups excluding carboxylic acids is 2. The zero-order chi connectivity index (χ0) is 15.3. The van der Waals surface area contributed by atoms with Crippen LogP contribution in [0, 0.1) is 0 Å². The number of ether oxygens (including phenoxy) is 1. The van der Waals surface area contributed by atoms with Gasteiger partial charge in [0.05, 0.1) is 17.7 Å². The Bertz CT molecular complexity index is 512. The Kier molecular flexibility index (Phi) is 5.56. The molecule has 0 aromatic heterocycles. The van der Waals surface area contributed by atoms with Crippen molar-refractivity contribution >= 4 is 23.4 Å². The minimum Gasteiger partial charge on any atom is -0.462 e. The van der Waals surface area contributed by atoms with Gasteiger partial charge in [-0.3, -0.25) is 4.79 Å². The van der Waals surface area contributed by atoms with Gasteiger partial charge in [-0.2, -0.15) is 13.2 Å². The number of hydrogen-bond donors (Lipinski definition) is 0. The van der Waals surface area contributed by atoms with Crippen molar-refractivity contribution in [2.24, 2.45) is 0 Å². The van der Waals surface area contributed by atoms with Gasteiger partial charge < -0.3 is 4.74 Å². The highest BCUT2D eigenvalue weighted by Crippen LogP contribution is 2.31. The van der Waals surface area contributed by atoms with E-state index in [2.05, 4.69) is 4.74 Å². The van der Waals surface area contributed by atoms with E-state index in [0.29, 0.717) is 6.07 Å². The third-order valence-electron chi connectivity index (χ3n) is 2.46. The van der Waals surface area contributed by atoms with Crippen LogP contribution in [0.4, 0.5) is 13.2 Å². The topological polar surface area (TPSA) is 43.4 Å². The van der Waals surface area contributed by atoms with Crippen LogP contribution in [0.25, 0.3) is 0 Å². The number of Topliss-reactive ketones (excluding diaryl/α,β-unsaturated/α-hetero) is 1. The van der Waals surface area contributed by atoms with Crippen LogP contribution >= 0.6 is 11.6 Å². The first kappa shape index (κ1) is 16.5. The maximum Gasteiger partial charge on any atom is 0.416 e. The number of esters is 1. The van der Waals surface area contributed by atoms with E-state index in [9.17, 15) is 22.8 Å². The molecule has 110 valence electrons. The van der Waals surface area contributed by atoms with Crippen molar-refractivity contribution in [1.82, 2.24) is 0 Å². The first-order valence-corrected chi connectivity index (χ1v) is 6.32. The van der Waals surface area contributed by atoms with Gasteiger partial charge in [0.25, 0.3) is 0 Å². The first-order valence-electron chi connectivity index (χ1n) is 5.78. The lowest BCUT2D eigenvalue weighted by atomic mass is 9.99. The molecule has 0 aliphatic rings. The molecule has 20 heavy (non-hydrogen) atoms. The SMILES string of the molecule is CCOC(=O)c1cc(C(F)(F)F)ccc1C(=O)CCCl. The minimum absolute atomic E-state index is 0.00177. The molecule has 7 heteroatoms. The molecule has 0 bridgehead atoms. The molecule has 0 saturated heterocycles. The number of halogens is 4. The smallest absolute Gasteiger partial charge is 0.416 e. The molecule has 0 N–H and O–H groups in total. The predicted octanol–water partition coefficient (Wildman–Crippen LogP) is 3.69. The molecule has 3 nitrogen and oxygen atoms in total. The Hall–Kier alpha value is -1.56. The maximum atomic E-state index is 12.6. The molecule has 0 unspecified atom stereocenters. The molecule has 0 aliphatic carbocycles. The van der Waals surface area contributed by atoms with Crippen LogP contribution in [-0.2, 0) is 10.9 Å². The Morgan fingerprint density at radius 1 is 1.25 bits per heavy atom. The summed E-state index contributed by atoms with van der Waals surface area (Å²) in [5, 5.41) is 0. The van der Waals surface area contributed by atoms with Gasteiger partial charge in [-0.1, -0.05) is 0 Å². The number of benzene rings is 1. The summed E-state index contributed by atoms with van der Waals surface area (Å²) in [4.78, 5) is 23.4. The molecule has 1 aromatic carbocycles. The molecule has 0 saturated carbocycles. The largest absolute Gasteiger partial charge is 0.462 e. The predicted molar refractivity (Wildman–Crippen MR) is 67.1 cm³/mol. The summed E-state index contributed by atoms with van der Waals surface area (Å²) in [6.45, 7) is 1.52. The van der Waals surface area contributed by atoms with Gasteiger partial charge in [0, 0.05) is 17.9 Å². The summed E-state index contributed by atoms with van der Waals surface area (Å²) in [6, 6.07) is 2.35. The highest BCUT2D eigenvalue weighted by atomic mass is 35.5. The van der Waals surface area contributed by atoms with Crippen LogP contribution in [-0.4, -0.2) is 24.2 Å². The van der Waals surface area contributed by atoms with Gasteiger partial charge in [0.1, 0.15) is 0 Å². The van der Waals surface area contributed by atoms with Crippen molar-refractivity contribution in [2.45, 2.75) is 19.5 Å². The summed E-state index contributed by atoms with van der Waals surface area (Å²) in [6.07, 6.45) is -4.67. The third kappa shape index (κ3) is 3.96. The molecular formula is C13H12ClF3O3. The summed E-state index contributed by atoms with van der Waals surface area (Å²) in [7, 11) is 0. The summed E-state index contributed by atoms with van der Waals surface area (Å²) < 4.78 is 42.6. The van der Waals surface area contributed by atoms with Crippen LogP contribution in [0.5, 0.6) is 0 Å². The van der Waals surface area contributed by atoms with Gasteiger partial charge in [-0.25, -0.2) is 4.79 Å². The van der Waals surface area contributed by atoms with Gasteiger partial charge in [-0.05, 0) is 25.1 Å². The van der Waals surface area contributed by atoms with Crippen molar-refractivity contribution in [1.29, 1.82) is 0 Å². The quantitative estimate of drug-likeness (QED) is 0.473. The molecule has 0 spiro atoms. The highest BCUT2D eigenvalue weighted by Gasteiger charge is 2.32. The molecule has 1 aromatic rings. The monoisotopic (exact) mass is 308 g/mol. The van der Waals surface area contributed by atoms with Crippen LogP contribution in [0.2, 0.25) is 0 Å². The number of alkyl halides is 4. The van der Waals surface area contributed by atoms with E-state index in [4.69, 9.17) is 11.6 Å². The van der Waals surface area contributed by atoms with Crippen LogP contribution in [0.15, 0.2) is 18.2 Å². The second kappa shape index (κ2) is 6.74. The Morgan fingerprint density at radius 3 is 2.40 bits per heavy atom. The fraction of sp³-hybridized carbons (Fsp3) is 0.385. The van der Waals surface area contributed by atoms with E-state index in [1.807, 2.05) is 0 Å². The average Bonchev–Trinajstić information content (AvgIpc) is 2.37. The van der Waals surface area contributed by atoms with Gasteiger partial charge in [0.2, 0.25) is 0 Å². The van der Waals surface area contributed by atoms with E-state index < -0.39 is 29.1 Å². The van der Waals surface area contributed by atoms with E-state index >= 15 is 0 Å². The molecule has 0 amide bonds. The fourth-order valence-electron chi connectivity index (χ4n) is 1.56. The number of rotatable bonds is 5. The summed E-state index contributed by atoms with van der Waals surface area (Å²) in [5.74, 6) is -1.45. The van der Waals surface area contributed by atoms with Gasteiger partial charge >= 0.3 is 12.1 Å². The van der Waals surface area contributed by atoms with E-state index in [0.717, 1.165) is 12.1 Å². The Morgan fingerprint density at radius 2 is 1.90 bits per heavy atom. The van der Waals surface area contributed by atoms with Crippen molar-refractivity contribution in [3.63, 3.8) is 0 Å². The second-order valence-corrected chi connectivity index (χ2v) is 4.22. The standard InChI is InChI=1S/C13H12ClF3O3/c1-2-20-12(19)10-7-8(13(15,16)17)3-4-9(10)11(18)5-6-14/h3-4,7H,2,5-6H2,1H3. The summed E-state index contributed by atoms with van der Waals surface area (Å²) >= 11 is 5.43. The van der Waals surface area contributed by atoms with Gasteiger partial charge in [0.15, 0.2) is 5.78 Å². The van der Waals surface area contributed by atoms with E-state index in [1.165, 1.54) is 6.92 Å². The zero-order valence-corrected chi connectivity index (χ0v) is 11.3. The molecular weight excluding hydrogens is 297 g/mol. The van der Waals surface area contributed by atoms with E-state index in [1.54, 1.807) is 0 Å². The first-order chi connectivity index (χ1) is 9.31. The van der Waals surface area contributed by atoms with Crippen LogP contribution in [0.3, 0.4) is 0 Å². The van der Waals surface area contributed by atoms with E-state index in [-0.39, 0.29) is 24.5 Å². The normalized spacial score (nSPS) is 11.2. The Balaban J connectivity index is 3.30. The molecule has 0 aliphatic heterocycles. The highest BCUT2D eigenvalue weighted by molar-refractivity contribution is 6.20. The van der Waals surface area contributed by atoms with Crippen molar-refractivity contribution in [3.8, 4) is 0 Å². The minimum atomic E-state index is -4.60. The summed E-state index contributed by atoms with van der Waals surface area (Å²) in [5.41, 5.74) is -1.52. The van der Waals surface area contributed by atoms with Crippen LogP contribution in [0.1, 0.15) is 39.6 Å². The molecule has 0 atom stereocenters. The molecule has 0 heterocycles. The third-order valence-corrected chi connectivity index (χ3v) is 2.65.